The zero-order valence-corrected chi connectivity index (χ0v) is 6.61. The predicted molar refractivity (Wildman–Crippen MR) is 42.6 cm³/mol. The molecule has 0 bridgehead atoms. The van der Waals surface area contributed by atoms with Gasteiger partial charge in [0, 0.05) is 12.5 Å². The van der Waals surface area contributed by atoms with Crippen molar-refractivity contribution in [2.45, 2.75) is 6.92 Å². The van der Waals surface area contributed by atoms with Gasteiger partial charge in [0.25, 0.3) is 0 Å². The molecule has 0 fully saturated rings. The Bertz CT molecular complexity index is 237. The third-order valence-corrected chi connectivity index (χ3v) is 0.892. The maximum absolute atomic E-state index is 9.88. The van der Waals surface area contributed by atoms with Gasteiger partial charge in [-0.05, 0) is 0 Å². The lowest BCUT2D eigenvalue weighted by Crippen LogP contribution is -1.74. The second-order valence-electron chi connectivity index (χ2n) is 1.96. The topological polar surface area (TPSA) is 54.0 Å². The molecule has 62 valence electrons. The summed E-state index contributed by atoms with van der Waals surface area (Å²) in [5.41, 5.74) is 0.604. The van der Waals surface area contributed by atoms with E-state index in [2.05, 4.69) is 0 Å². The van der Waals surface area contributed by atoms with Crippen molar-refractivity contribution in [2.24, 2.45) is 0 Å². The first kappa shape index (κ1) is 10.4. The molecule has 1 aromatic rings. The van der Waals surface area contributed by atoms with Gasteiger partial charge in [0.1, 0.15) is 0 Å². The van der Waals surface area contributed by atoms with E-state index in [1.54, 1.807) is 30.6 Å². The van der Waals surface area contributed by atoms with E-state index in [-0.39, 0.29) is 0 Å². The van der Waals surface area contributed by atoms with E-state index in [4.69, 9.17) is 9.90 Å². The molecule has 12 heavy (non-hydrogen) atoms. The first-order valence-corrected chi connectivity index (χ1v) is 3.27. The summed E-state index contributed by atoms with van der Waals surface area (Å²) < 4.78 is 0. The quantitative estimate of drug-likeness (QED) is 0.624. The molecule has 0 saturated heterocycles. The molecule has 0 heterocycles. The van der Waals surface area contributed by atoms with Gasteiger partial charge in [0.15, 0.2) is 0 Å². The maximum atomic E-state index is 9.88. The summed E-state index contributed by atoms with van der Waals surface area (Å²) in [6, 6.07) is 8.90. The molecule has 0 amide bonds. The Morgan fingerprint density at radius 2 is 1.67 bits per heavy atom. The van der Waals surface area contributed by atoms with Crippen LogP contribution in [0.15, 0.2) is 30.3 Å². The molecule has 0 atom stereocenters. The van der Waals surface area contributed by atoms with Gasteiger partial charge in [0.05, 0.1) is 0 Å². The zero-order valence-electron chi connectivity index (χ0n) is 6.61. The van der Waals surface area contributed by atoms with Crippen LogP contribution in [0.1, 0.15) is 12.5 Å². The number of benzene rings is 1. The van der Waals surface area contributed by atoms with Crippen LogP contribution in [0.2, 0.25) is 0 Å². The van der Waals surface area contributed by atoms with Crippen molar-refractivity contribution >= 4 is 12.3 Å². The van der Waals surface area contributed by atoms with Gasteiger partial charge in [-0.15, -0.1) is 0 Å². The summed E-state index contributed by atoms with van der Waals surface area (Å²) in [6.45, 7) is 0.972. The van der Waals surface area contributed by atoms with Gasteiger partial charge >= 0.3 is 5.97 Å². The lowest BCUT2D eigenvalue weighted by atomic mass is 10.2. The molecular weight excluding hydrogens is 156 g/mol. The van der Waals surface area contributed by atoms with E-state index in [9.17, 15) is 4.79 Å². The Morgan fingerprint density at radius 3 is 1.92 bits per heavy atom. The molecule has 1 rings (SSSR count). The SMILES string of the molecule is CC([O])=O.O=[C]c1ccccc1. The predicted octanol–water partition coefficient (Wildman–Crippen LogP) is 1.11. The van der Waals surface area contributed by atoms with E-state index in [1.807, 2.05) is 6.07 Å². The lowest BCUT2D eigenvalue weighted by Gasteiger charge is -1.80. The Morgan fingerprint density at radius 1 is 1.25 bits per heavy atom. The minimum Gasteiger partial charge on any atom is -0.285 e. The Hall–Kier alpha value is -1.64. The molecule has 3 heteroatoms. The first-order valence-electron chi connectivity index (χ1n) is 3.27. The van der Waals surface area contributed by atoms with Crippen molar-refractivity contribution in [1.82, 2.24) is 0 Å². The second kappa shape index (κ2) is 6.09. The number of hydrogen-bond donors (Lipinski definition) is 0. The maximum Gasteiger partial charge on any atom is 0.352 e. The van der Waals surface area contributed by atoms with Crippen molar-refractivity contribution in [3.05, 3.63) is 35.9 Å². The fraction of sp³-hybridized carbons (Fsp3) is 0.111. The van der Waals surface area contributed by atoms with Crippen molar-refractivity contribution in [1.29, 1.82) is 0 Å². The van der Waals surface area contributed by atoms with Crippen LogP contribution in [-0.4, -0.2) is 12.3 Å². The van der Waals surface area contributed by atoms with Crippen LogP contribution in [-0.2, 0) is 14.7 Å². The van der Waals surface area contributed by atoms with Gasteiger partial charge < -0.3 is 0 Å². The van der Waals surface area contributed by atoms with Crippen LogP contribution in [0.25, 0.3) is 0 Å². The van der Waals surface area contributed by atoms with Crippen LogP contribution in [0, 0.1) is 0 Å². The molecule has 0 aliphatic rings. The molecule has 3 nitrogen and oxygen atoms in total. The van der Waals surface area contributed by atoms with Crippen molar-refractivity contribution in [2.75, 3.05) is 0 Å². The molecule has 0 aliphatic carbocycles. The van der Waals surface area contributed by atoms with Gasteiger partial charge in [-0.25, -0.2) is 9.90 Å². The van der Waals surface area contributed by atoms with Gasteiger partial charge in [0.2, 0.25) is 6.29 Å². The van der Waals surface area contributed by atoms with E-state index < -0.39 is 5.97 Å². The molecular formula is C9H8O3. The van der Waals surface area contributed by atoms with E-state index in [0.29, 0.717) is 5.56 Å². The standard InChI is InChI=1S/C7H5O.C2H3O2/c8-6-7-4-2-1-3-5-7;1-2(3)4/h1-5H;1H3. The highest BCUT2D eigenvalue weighted by molar-refractivity contribution is 5.74. The summed E-state index contributed by atoms with van der Waals surface area (Å²) >= 11 is 0. The first-order chi connectivity index (χ1) is 5.66. The molecule has 0 N–H and O–H groups in total. The molecule has 0 aliphatic heterocycles. The third kappa shape index (κ3) is 6.48. The summed E-state index contributed by atoms with van der Waals surface area (Å²) in [4.78, 5) is 18.8. The highest BCUT2D eigenvalue weighted by atomic mass is 16.4. The molecule has 1 aromatic carbocycles. The zero-order chi connectivity index (χ0) is 9.40. The highest BCUT2D eigenvalue weighted by Gasteiger charge is 1.81. The normalized spacial score (nSPS) is 7.75. The largest absolute Gasteiger partial charge is 0.352 e. The summed E-state index contributed by atoms with van der Waals surface area (Å²) in [5, 5.41) is 8.89. The molecule has 0 unspecified atom stereocenters. The second-order valence-corrected chi connectivity index (χ2v) is 1.96. The monoisotopic (exact) mass is 164 g/mol. The average Bonchev–Trinajstić information content (AvgIpc) is 2.05. The van der Waals surface area contributed by atoms with Gasteiger partial charge in [-0.3, -0.25) is 4.79 Å². The number of carbonyl (C=O) groups excluding carboxylic acids is 2. The van der Waals surface area contributed by atoms with Crippen molar-refractivity contribution < 1.29 is 14.7 Å². The van der Waals surface area contributed by atoms with Gasteiger partial charge in [-0.1, -0.05) is 30.3 Å². The number of hydrogen-bond acceptors (Lipinski definition) is 2. The van der Waals surface area contributed by atoms with Crippen LogP contribution in [0.4, 0.5) is 0 Å². The van der Waals surface area contributed by atoms with Crippen LogP contribution < -0.4 is 0 Å². The highest BCUT2D eigenvalue weighted by Crippen LogP contribution is 1.91. The Balaban J connectivity index is 0.000000261. The molecule has 0 spiro atoms. The van der Waals surface area contributed by atoms with Gasteiger partial charge in [-0.2, -0.15) is 0 Å². The van der Waals surface area contributed by atoms with Crippen molar-refractivity contribution in [3.63, 3.8) is 0 Å². The van der Waals surface area contributed by atoms with Crippen LogP contribution >= 0.6 is 0 Å². The number of rotatable bonds is 1. The Labute approximate surface area is 70.6 Å². The minimum atomic E-state index is -1.08. The molecule has 0 aromatic heterocycles. The van der Waals surface area contributed by atoms with E-state index in [1.165, 1.54) is 0 Å². The van der Waals surface area contributed by atoms with Crippen molar-refractivity contribution in [3.8, 4) is 0 Å². The smallest absolute Gasteiger partial charge is 0.285 e. The fourth-order valence-corrected chi connectivity index (χ4v) is 0.506. The average molecular weight is 164 g/mol. The fourth-order valence-electron chi connectivity index (χ4n) is 0.506. The van der Waals surface area contributed by atoms with E-state index in [0.717, 1.165) is 6.92 Å². The summed E-state index contributed by atoms with van der Waals surface area (Å²) in [7, 11) is 0. The van der Waals surface area contributed by atoms with Crippen LogP contribution in [0.5, 0.6) is 0 Å². The third-order valence-electron chi connectivity index (χ3n) is 0.892. The summed E-state index contributed by atoms with van der Waals surface area (Å²) in [5.74, 6) is -1.08. The Kier molecular flexibility index (Phi) is 5.26. The molecule has 0 saturated carbocycles. The minimum absolute atomic E-state index is 0.604. The molecule has 2 radical (unpaired) electrons. The lowest BCUT2D eigenvalue weighted by molar-refractivity contribution is -0.140. The van der Waals surface area contributed by atoms with Crippen LogP contribution in [0.3, 0.4) is 0 Å². The van der Waals surface area contributed by atoms with E-state index >= 15 is 0 Å². The summed E-state index contributed by atoms with van der Waals surface area (Å²) in [6.07, 6.45) is 1.78. The number of carbonyl (C=O) groups is 1.